The van der Waals surface area contributed by atoms with Gasteiger partial charge in [-0.2, -0.15) is 0 Å². The third-order valence-corrected chi connectivity index (χ3v) is 7.84. The van der Waals surface area contributed by atoms with Crippen molar-refractivity contribution in [2.24, 2.45) is 0 Å². The molecule has 1 aromatic heterocycles. The summed E-state index contributed by atoms with van der Waals surface area (Å²) in [4.78, 5) is 43.1. The molecule has 0 fully saturated rings. The summed E-state index contributed by atoms with van der Waals surface area (Å²) in [7, 11) is 1.37. The molecule has 2 heterocycles. The number of benzene rings is 2. The summed E-state index contributed by atoms with van der Waals surface area (Å²) in [6.45, 7) is 7.37. The Morgan fingerprint density at radius 3 is 2.49 bits per heavy atom. The topological polar surface area (TPSA) is 142 Å². The highest BCUT2D eigenvalue weighted by Gasteiger charge is 2.58. The first-order valence-corrected chi connectivity index (χ1v) is 14.0. The molecule has 0 aliphatic carbocycles. The highest BCUT2D eigenvalue weighted by Crippen LogP contribution is 2.43. The summed E-state index contributed by atoms with van der Waals surface area (Å²) in [6.07, 6.45) is 0. The molecular formula is C29H32N4O7S. The summed E-state index contributed by atoms with van der Waals surface area (Å²) >= 11 is 1.24. The zero-order valence-electron chi connectivity index (χ0n) is 23.4. The predicted octanol–water partition coefficient (Wildman–Crippen LogP) is 4.84. The van der Waals surface area contributed by atoms with Crippen LogP contribution in [0, 0.1) is 10.1 Å². The van der Waals surface area contributed by atoms with Crippen molar-refractivity contribution in [3.63, 3.8) is 0 Å². The summed E-state index contributed by atoms with van der Waals surface area (Å²) < 4.78 is 16.2. The largest absolute Gasteiger partial charge is 0.490 e. The van der Waals surface area contributed by atoms with E-state index in [-0.39, 0.29) is 30.2 Å². The lowest BCUT2D eigenvalue weighted by atomic mass is 9.64. The van der Waals surface area contributed by atoms with Crippen molar-refractivity contribution < 1.29 is 28.7 Å². The molecule has 1 aliphatic rings. The molecule has 4 rings (SSSR count). The highest BCUT2D eigenvalue weighted by atomic mass is 32.1. The molecule has 3 unspecified atom stereocenters. The van der Waals surface area contributed by atoms with Crippen LogP contribution < -0.4 is 15.4 Å². The van der Waals surface area contributed by atoms with Crippen LogP contribution in [0.1, 0.15) is 33.3 Å². The molecule has 3 atom stereocenters. The summed E-state index contributed by atoms with van der Waals surface area (Å²) in [5.74, 6) is -0.951. The number of hydrogen-bond donors (Lipinski definition) is 2. The van der Waals surface area contributed by atoms with Crippen molar-refractivity contribution >= 4 is 34.1 Å². The van der Waals surface area contributed by atoms with Crippen molar-refractivity contribution in [2.45, 2.75) is 45.2 Å². The molecule has 216 valence electrons. The van der Waals surface area contributed by atoms with Gasteiger partial charge in [0.25, 0.3) is 0 Å². The molecule has 12 heteroatoms. The van der Waals surface area contributed by atoms with Crippen molar-refractivity contribution in [1.82, 2.24) is 10.3 Å². The Bertz CT molecular complexity index is 1470. The van der Waals surface area contributed by atoms with Crippen LogP contribution in [0.25, 0.3) is 11.3 Å². The number of aromatic nitrogens is 1. The monoisotopic (exact) mass is 580 g/mol. The third-order valence-electron chi connectivity index (χ3n) is 7.07. The Balaban J connectivity index is 1.87. The van der Waals surface area contributed by atoms with E-state index < -0.39 is 34.4 Å². The molecule has 11 nitrogen and oxygen atoms in total. The molecule has 2 N–H and O–H groups in total. The van der Waals surface area contributed by atoms with Gasteiger partial charge >= 0.3 is 17.6 Å². The van der Waals surface area contributed by atoms with Gasteiger partial charge in [-0.15, -0.1) is 11.3 Å². The van der Waals surface area contributed by atoms with Crippen LogP contribution in [0.3, 0.4) is 0 Å². The first-order chi connectivity index (χ1) is 19.7. The molecule has 2 aromatic carbocycles. The number of rotatable bonds is 10. The molecule has 0 radical (unpaired) electrons. The number of ether oxygens (including phenoxy) is 3. The number of hydrogen-bond acceptors (Lipinski definition) is 11. The minimum atomic E-state index is -1.39. The zero-order chi connectivity index (χ0) is 29.7. The van der Waals surface area contributed by atoms with Gasteiger partial charge in [-0.1, -0.05) is 30.3 Å². The quantitative estimate of drug-likeness (QED) is 0.194. The number of allylic oxidation sites excluding steroid dienone is 1. The van der Waals surface area contributed by atoms with E-state index in [0.717, 1.165) is 0 Å². The number of esters is 2. The second kappa shape index (κ2) is 12.4. The van der Waals surface area contributed by atoms with Crippen LogP contribution >= 0.6 is 11.3 Å². The number of anilines is 1. The molecule has 1 aliphatic heterocycles. The lowest BCUT2D eigenvalue weighted by molar-refractivity contribution is -0.385. The fourth-order valence-electron chi connectivity index (χ4n) is 5.26. The Labute approximate surface area is 241 Å². The number of nitrogens with one attached hydrogen (secondary N) is 2. The Morgan fingerprint density at radius 1 is 1.15 bits per heavy atom. The molecule has 41 heavy (non-hydrogen) atoms. The van der Waals surface area contributed by atoms with E-state index in [0.29, 0.717) is 27.6 Å². The normalized spacial score (nSPS) is 20.1. The predicted molar refractivity (Wildman–Crippen MR) is 155 cm³/mol. The SMILES string of the molecule is CCOC(=O)C1=C(C)NC(C)C(C(=O)OCC)(c2ccccc2)C1Nc1nc(-c2ccc(OC)c([N+](=O)[O-])c2)cs1. The number of carbonyl (C=O) groups is 2. The molecule has 0 bridgehead atoms. The second-order valence-electron chi connectivity index (χ2n) is 9.34. The average molecular weight is 581 g/mol. The molecule has 0 saturated carbocycles. The van der Waals surface area contributed by atoms with Crippen LogP contribution in [-0.4, -0.2) is 54.3 Å². The van der Waals surface area contributed by atoms with Gasteiger partial charge in [0.1, 0.15) is 5.41 Å². The number of nitro groups is 1. The van der Waals surface area contributed by atoms with Crippen LogP contribution in [-0.2, 0) is 24.5 Å². The Kier molecular flexibility index (Phi) is 8.92. The van der Waals surface area contributed by atoms with Gasteiger partial charge in [-0.05, 0) is 45.4 Å². The molecule has 0 amide bonds. The van der Waals surface area contributed by atoms with Gasteiger partial charge in [0.05, 0.1) is 42.6 Å². The van der Waals surface area contributed by atoms with Crippen molar-refractivity contribution in [3.8, 4) is 17.0 Å². The number of nitrogens with zero attached hydrogens (tertiary/aromatic N) is 2. The molecule has 0 spiro atoms. The number of carbonyl (C=O) groups excluding carboxylic acids is 2. The molecule has 3 aromatic rings. The van der Waals surface area contributed by atoms with E-state index in [1.165, 1.54) is 30.6 Å². The van der Waals surface area contributed by atoms with E-state index in [2.05, 4.69) is 15.6 Å². The lowest BCUT2D eigenvalue weighted by Gasteiger charge is -2.48. The Hall–Kier alpha value is -4.45. The van der Waals surface area contributed by atoms with Gasteiger partial charge in [0, 0.05) is 28.7 Å². The van der Waals surface area contributed by atoms with E-state index in [4.69, 9.17) is 14.2 Å². The van der Waals surface area contributed by atoms with E-state index in [1.807, 2.05) is 37.3 Å². The number of thiazole rings is 1. The minimum Gasteiger partial charge on any atom is -0.490 e. The zero-order valence-corrected chi connectivity index (χ0v) is 24.2. The second-order valence-corrected chi connectivity index (χ2v) is 10.2. The maximum absolute atomic E-state index is 14.0. The van der Waals surface area contributed by atoms with Crippen molar-refractivity contribution in [2.75, 3.05) is 25.6 Å². The van der Waals surface area contributed by atoms with Crippen LogP contribution in [0.4, 0.5) is 10.8 Å². The van der Waals surface area contributed by atoms with Crippen molar-refractivity contribution in [3.05, 3.63) is 80.9 Å². The fraction of sp³-hybridized carbons (Fsp3) is 0.345. The van der Waals surface area contributed by atoms with E-state index in [9.17, 15) is 19.7 Å². The van der Waals surface area contributed by atoms with Gasteiger partial charge in [0.15, 0.2) is 10.9 Å². The highest BCUT2D eigenvalue weighted by molar-refractivity contribution is 7.14. The van der Waals surface area contributed by atoms with Crippen LogP contribution in [0.15, 0.2) is 65.2 Å². The van der Waals surface area contributed by atoms with E-state index in [1.54, 1.807) is 32.2 Å². The van der Waals surface area contributed by atoms with Gasteiger partial charge in [0.2, 0.25) is 0 Å². The summed E-state index contributed by atoms with van der Waals surface area (Å²) in [5.41, 5.74) is 0.873. The van der Waals surface area contributed by atoms with E-state index >= 15 is 0 Å². The van der Waals surface area contributed by atoms with Gasteiger partial charge < -0.3 is 24.8 Å². The first kappa shape index (κ1) is 29.5. The van der Waals surface area contributed by atoms with Crippen LogP contribution in [0.5, 0.6) is 5.75 Å². The molecular weight excluding hydrogens is 548 g/mol. The fourth-order valence-corrected chi connectivity index (χ4v) is 6.01. The van der Waals surface area contributed by atoms with Crippen LogP contribution in [0.2, 0.25) is 0 Å². The Morgan fingerprint density at radius 2 is 1.85 bits per heavy atom. The number of nitro benzene ring substituents is 1. The van der Waals surface area contributed by atoms with Gasteiger partial charge in [-0.3, -0.25) is 14.9 Å². The van der Waals surface area contributed by atoms with Crippen molar-refractivity contribution in [1.29, 1.82) is 0 Å². The summed E-state index contributed by atoms with van der Waals surface area (Å²) in [5, 5.41) is 20.4. The number of methoxy groups -OCH3 is 1. The molecule has 0 saturated heterocycles. The smallest absolute Gasteiger partial charge is 0.337 e. The maximum Gasteiger partial charge on any atom is 0.337 e. The minimum absolute atomic E-state index is 0.137. The standard InChI is InChI=1S/C29H32N4O7S/c1-6-39-26(34)24-17(3)30-18(4)29(27(35)40-7-2,20-11-9-8-10-12-20)25(24)32-28-31-21(16-41-28)19-13-14-23(38-5)22(15-19)33(36)37/h8-16,18,25,30H,6-7H2,1-5H3,(H,31,32). The van der Waals surface area contributed by atoms with Gasteiger partial charge in [-0.25, -0.2) is 9.78 Å². The first-order valence-electron chi connectivity index (χ1n) is 13.1. The average Bonchev–Trinajstić information content (AvgIpc) is 3.42. The summed E-state index contributed by atoms with van der Waals surface area (Å²) in [6, 6.07) is 12.3. The lowest BCUT2D eigenvalue weighted by Crippen LogP contribution is -2.66. The third kappa shape index (κ3) is 5.47. The maximum atomic E-state index is 14.0.